The highest BCUT2D eigenvalue weighted by atomic mass is 32.2. The van der Waals surface area contributed by atoms with E-state index in [4.69, 9.17) is 5.90 Å². The van der Waals surface area contributed by atoms with Crippen LogP contribution in [0.15, 0.2) is 82.6 Å². The molecule has 4 aromatic carbocycles. The van der Waals surface area contributed by atoms with Crippen molar-refractivity contribution in [2.45, 2.75) is 23.6 Å². The van der Waals surface area contributed by atoms with Gasteiger partial charge in [-0.3, -0.25) is 9.59 Å². The number of aromatic hydroxyl groups is 2. The Bertz CT molecular complexity index is 1950. The molecule has 2 amide bonds. The number of hydrogen-bond acceptors (Lipinski definition) is 10. The number of anilines is 2. The summed E-state index contributed by atoms with van der Waals surface area (Å²) in [5.41, 5.74) is 0.548. The third-order valence-corrected chi connectivity index (χ3v) is 8.34. The number of sulfone groups is 1. The number of carbonyl (C=O) groups excluding carboxylic acids is 3. The van der Waals surface area contributed by atoms with Crippen LogP contribution in [0.3, 0.4) is 0 Å². The molecule has 0 bridgehead atoms. The molecule has 0 aliphatic rings. The van der Waals surface area contributed by atoms with Crippen LogP contribution in [0.5, 0.6) is 11.5 Å². The number of rotatable bonds is 8. The maximum absolute atomic E-state index is 13.5. The number of phenols is 2. The van der Waals surface area contributed by atoms with Crippen molar-refractivity contribution in [1.82, 2.24) is 0 Å². The summed E-state index contributed by atoms with van der Waals surface area (Å²) in [6.07, 6.45) is 0. The summed E-state index contributed by atoms with van der Waals surface area (Å²) in [5, 5.41) is 34.7. The largest absolute Gasteiger partial charge is 0.506 e. The Morgan fingerprint density at radius 1 is 0.682 bits per heavy atom. The normalized spacial score (nSPS) is 11.0. The second-order valence-corrected chi connectivity index (χ2v) is 11.5. The lowest BCUT2D eigenvalue weighted by Gasteiger charge is -2.13. The molecule has 14 heteroatoms. The molecule has 0 spiro atoms. The van der Waals surface area contributed by atoms with E-state index in [0.29, 0.717) is 11.1 Å². The molecule has 0 aromatic heterocycles. The van der Waals surface area contributed by atoms with Gasteiger partial charge in [-0.1, -0.05) is 0 Å². The van der Waals surface area contributed by atoms with Crippen LogP contribution < -0.4 is 16.5 Å². The quantitative estimate of drug-likeness (QED) is 0.123. The summed E-state index contributed by atoms with van der Waals surface area (Å²) in [7, 11) is -4.32. The van der Waals surface area contributed by atoms with Crippen LogP contribution in [-0.2, 0) is 14.7 Å². The summed E-state index contributed by atoms with van der Waals surface area (Å²) >= 11 is 0. The van der Waals surface area contributed by atoms with Crippen LogP contribution >= 0.6 is 0 Å². The Kier molecular flexibility index (Phi) is 8.69. The summed E-state index contributed by atoms with van der Waals surface area (Å²) in [6.45, 7) is 3.06. The van der Waals surface area contributed by atoms with E-state index in [9.17, 15) is 42.9 Å². The third kappa shape index (κ3) is 6.35. The van der Waals surface area contributed by atoms with Gasteiger partial charge in [-0.25, -0.2) is 18.0 Å². The fourth-order valence-electron chi connectivity index (χ4n) is 4.23. The van der Waals surface area contributed by atoms with Crippen molar-refractivity contribution < 1.29 is 47.8 Å². The first-order chi connectivity index (χ1) is 20.7. The Morgan fingerprint density at radius 3 is 1.50 bits per heavy atom. The third-order valence-electron chi connectivity index (χ3n) is 6.59. The van der Waals surface area contributed by atoms with Gasteiger partial charge in [-0.15, -0.1) is 0 Å². The van der Waals surface area contributed by atoms with E-state index in [-0.39, 0.29) is 43.4 Å². The number of aryl methyl sites for hydroxylation is 2. The molecule has 0 atom stereocenters. The van der Waals surface area contributed by atoms with Gasteiger partial charge < -0.3 is 30.8 Å². The highest BCUT2D eigenvalue weighted by Crippen LogP contribution is 2.33. The summed E-state index contributed by atoms with van der Waals surface area (Å²) in [5.74, 6) is 0.633. The number of nitrogens with two attached hydrogens (primary N) is 1. The predicted octanol–water partition coefficient (Wildman–Crippen LogP) is 3.78. The molecule has 7 N–H and O–H groups in total. The van der Waals surface area contributed by atoms with E-state index in [1.54, 1.807) is 6.92 Å². The van der Waals surface area contributed by atoms with Crippen LogP contribution in [0, 0.1) is 13.8 Å². The molecule has 0 fully saturated rings. The van der Waals surface area contributed by atoms with Crippen LogP contribution in [-0.4, -0.2) is 47.5 Å². The van der Waals surface area contributed by atoms with Crippen LogP contribution in [0.2, 0.25) is 0 Å². The lowest BCUT2D eigenvalue weighted by Crippen LogP contribution is -2.15. The smallest absolute Gasteiger partial charge is 0.356 e. The molecule has 13 nitrogen and oxygen atoms in total. The number of carboxylic acids is 1. The van der Waals surface area contributed by atoms with Crippen molar-refractivity contribution in [3.05, 3.63) is 106 Å². The Morgan fingerprint density at radius 2 is 1.11 bits per heavy atom. The van der Waals surface area contributed by atoms with Gasteiger partial charge >= 0.3 is 11.9 Å². The molecule has 4 aromatic rings. The summed E-state index contributed by atoms with van der Waals surface area (Å²) in [4.78, 5) is 52.2. The average molecular weight is 620 g/mol. The van der Waals surface area contributed by atoms with E-state index >= 15 is 0 Å². The summed E-state index contributed by atoms with van der Waals surface area (Å²) < 4.78 is 27.0. The molecule has 0 aliphatic heterocycles. The standard InChI is InChI=1S/C30H25N3O10S/c1-15-11-17(3-7-21(15)29(38)39)27(36)32-23-13-19(5-9-25(23)34)44(41,42)20-6-10-26(35)24(14-20)33-28(37)18-4-8-22(16(2)12-18)30(40)43-31/h3-14,34-35H,31H2,1-2H3,(H,32,36)(H,33,37)(H,38,39). The number of nitrogens with one attached hydrogen (secondary N) is 2. The maximum Gasteiger partial charge on any atom is 0.356 e. The molecule has 4 rings (SSSR count). The first kappa shape index (κ1) is 31.2. The fourth-order valence-corrected chi connectivity index (χ4v) is 5.54. The fraction of sp³-hybridized carbons (Fsp3) is 0.0667. The van der Waals surface area contributed by atoms with Crippen LogP contribution in [0.25, 0.3) is 0 Å². The zero-order valence-corrected chi connectivity index (χ0v) is 23.9. The minimum absolute atomic E-state index is 0.00377. The van der Waals surface area contributed by atoms with Gasteiger partial charge in [0.05, 0.1) is 32.3 Å². The molecule has 0 saturated heterocycles. The number of benzene rings is 4. The number of hydrogen-bond donors (Lipinski definition) is 6. The first-order valence-corrected chi connectivity index (χ1v) is 14.1. The average Bonchev–Trinajstić information content (AvgIpc) is 2.98. The zero-order valence-electron chi connectivity index (χ0n) is 23.1. The molecule has 0 aliphatic carbocycles. The van der Waals surface area contributed by atoms with E-state index < -0.39 is 45.1 Å². The van der Waals surface area contributed by atoms with Gasteiger partial charge in [0.2, 0.25) is 9.84 Å². The van der Waals surface area contributed by atoms with Crippen molar-refractivity contribution in [3.8, 4) is 11.5 Å². The Balaban J connectivity index is 1.60. The second-order valence-electron chi connectivity index (χ2n) is 9.54. The van der Waals surface area contributed by atoms with E-state index in [1.165, 1.54) is 43.3 Å². The molecule has 0 unspecified atom stereocenters. The van der Waals surface area contributed by atoms with Crippen molar-refractivity contribution >= 4 is 45.0 Å². The highest BCUT2D eigenvalue weighted by molar-refractivity contribution is 7.91. The molecule has 226 valence electrons. The second kappa shape index (κ2) is 12.2. The number of aromatic carboxylic acids is 1. The number of carboxylic acid groups (broad SMARTS) is 1. The number of amides is 2. The summed E-state index contributed by atoms with van der Waals surface area (Å²) in [6, 6.07) is 14.3. The first-order valence-electron chi connectivity index (χ1n) is 12.6. The maximum atomic E-state index is 13.5. The molecule has 0 saturated carbocycles. The molecule has 0 radical (unpaired) electrons. The van der Waals surface area contributed by atoms with Gasteiger partial charge in [0.15, 0.2) is 0 Å². The van der Waals surface area contributed by atoms with E-state index in [0.717, 1.165) is 36.4 Å². The van der Waals surface area contributed by atoms with Gasteiger partial charge in [0.25, 0.3) is 11.8 Å². The van der Waals surface area contributed by atoms with Gasteiger partial charge in [0.1, 0.15) is 11.5 Å². The van der Waals surface area contributed by atoms with E-state index in [2.05, 4.69) is 15.5 Å². The van der Waals surface area contributed by atoms with Crippen LogP contribution in [0.4, 0.5) is 11.4 Å². The lowest BCUT2D eigenvalue weighted by atomic mass is 10.0. The zero-order chi connectivity index (χ0) is 32.3. The highest BCUT2D eigenvalue weighted by Gasteiger charge is 2.23. The molecular formula is C30H25N3O10S. The Hall–Kier alpha value is -5.73. The number of phenolic OH excluding ortho intramolecular Hbond substituents is 2. The minimum atomic E-state index is -4.32. The van der Waals surface area contributed by atoms with E-state index in [1.807, 2.05) is 0 Å². The lowest BCUT2D eigenvalue weighted by molar-refractivity contribution is 0.0501. The van der Waals surface area contributed by atoms with Crippen molar-refractivity contribution in [2.75, 3.05) is 10.6 Å². The van der Waals surface area contributed by atoms with Crippen molar-refractivity contribution in [1.29, 1.82) is 0 Å². The van der Waals surface area contributed by atoms with Crippen molar-refractivity contribution in [3.63, 3.8) is 0 Å². The van der Waals surface area contributed by atoms with Gasteiger partial charge in [-0.05, 0) is 97.8 Å². The molecule has 0 heterocycles. The van der Waals surface area contributed by atoms with Crippen molar-refractivity contribution in [2.24, 2.45) is 5.90 Å². The minimum Gasteiger partial charge on any atom is -0.506 e. The topological polar surface area (TPSA) is 222 Å². The predicted molar refractivity (Wildman–Crippen MR) is 156 cm³/mol. The van der Waals surface area contributed by atoms with Gasteiger partial charge in [-0.2, -0.15) is 5.90 Å². The molecule has 44 heavy (non-hydrogen) atoms. The number of carbonyl (C=O) groups is 4. The SMILES string of the molecule is Cc1cc(C(=O)Nc2cc(S(=O)(=O)c3ccc(O)c(NC(=O)c4ccc(C(=O)ON)c(C)c4)c3)ccc2O)ccc1C(=O)O. The van der Waals surface area contributed by atoms with Gasteiger partial charge in [0, 0.05) is 11.1 Å². The molecular weight excluding hydrogens is 594 g/mol. The van der Waals surface area contributed by atoms with Crippen LogP contribution in [0.1, 0.15) is 52.6 Å². The monoisotopic (exact) mass is 619 g/mol. The Labute approximate surface area is 250 Å².